The van der Waals surface area contributed by atoms with E-state index in [0.29, 0.717) is 32.8 Å². The van der Waals surface area contributed by atoms with Gasteiger partial charge in [0.15, 0.2) is 0 Å². The lowest BCUT2D eigenvalue weighted by molar-refractivity contribution is -0.140. The molecule has 47 heavy (non-hydrogen) atoms. The van der Waals surface area contributed by atoms with E-state index in [-0.39, 0.29) is 29.6 Å². The van der Waals surface area contributed by atoms with Crippen molar-refractivity contribution >= 4 is 62.3 Å². The molecule has 4 aromatic rings. The normalized spacial score (nSPS) is 12.6. The number of carbonyl (C=O) groups excluding carboxylic acids is 2. The number of rotatable bonds is 14. The van der Waals surface area contributed by atoms with Crippen LogP contribution in [0.15, 0.2) is 102 Å². The smallest absolute Gasteiger partial charge is 0.264 e. The van der Waals surface area contributed by atoms with Crippen LogP contribution in [-0.2, 0) is 32.6 Å². The van der Waals surface area contributed by atoms with E-state index in [1.807, 2.05) is 44.2 Å². The maximum Gasteiger partial charge on any atom is 0.264 e. The van der Waals surface area contributed by atoms with Gasteiger partial charge in [0.05, 0.1) is 17.7 Å². The summed E-state index contributed by atoms with van der Waals surface area (Å²) in [7, 11) is -2.83. The number of halogens is 3. The molecule has 248 valence electrons. The van der Waals surface area contributed by atoms with Crippen molar-refractivity contribution in [3.05, 3.63) is 123 Å². The second kappa shape index (κ2) is 16.4. The van der Waals surface area contributed by atoms with Gasteiger partial charge in [-0.05, 0) is 79.6 Å². The Balaban J connectivity index is 1.84. The van der Waals surface area contributed by atoms with E-state index in [2.05, 4.69) is 5.32 Å². The van der Waals surface area contributed by atoms with Crippen LogP contribution in [0.3, 0.4) is 0 Å². The molecule has 4 rings (SSSR count). The van der Waals surface area contributed by atoms with Crippen LogP contribution >= 0.6 is 34.8 Å². The highest BCUT2D eigenvalue weighted by molar-refractivity contribution is 7.92. The van der Waals surface area contributed by atoms with Crippen LogP contribution < -0.4 is 14.4 Å². The summed E-state index contributed by atoms with van der Waals surface area (Å²) < 4.78 is 34.6. The molecule has 0 radical (unpaired) electrons. The van der Waals surface area contributed by atoms with Gasteiger partial charge in [-0.2, -0.15) is 0 Å². The minimum absolute atomic E-state index is 0.0582. The van der Waals surface area contributed by atoms with E-state index in [9.17, 15) is 18.0 Å². The number of hydrogen-bond acceptors (Lipinski definition) is 5. The van der Waals surface area contributed by atoms with Crippen LogP contribution in [0.2, 0.25) is 15.1 Å². The quantitative estimate of drug-likeness (QED) is 0.147. The molecule has 1 N–H and O–H groups in total. The van der Waals surface area contributed by atoms with E-state index >= 15 is 0 Å². The largest absolute Gasteiger partial charge is 0.497 e. The van der Waals surface area contributed by atoms with Crippen molar-refractivity contribution < 1.29 is 22.7 Å². The van der Waals surface area contributed by atoms with E-state index in [0.717, 1.165) is 9.87 Å². The van der Waals surface area contributed by atoms with Crippen molar-refractivity contribution in [2.45, 2.75) is 50.2 Å². The van der Waals surface area contributed by atoms with Gasteiger partial charge in [-0.1, -0.05) is 78.1 Å². The van der Waals surface area contributed by atoms with Crippen LogP contribution in [0.25, 0.3) is 0 Å². The predicted molar refractivity (Wildman–Crippen MR) is 188 cm³/mol. The van der Waals surface area contributed by atoms with Crippen molar-refractivity contribution in [1.29, 1.82) is 0 Å². The first-order valence-electron chi connectivity index (χ1n) is 14.9. The van der Waals surface area contributed by atoms with Crippen LogP contribution in [0.1, 0.15) is 31.4 Å². The van der Waals surface area contributed by atoms with Gasteiger partial charge in [0.1, 0.15) is 18.3 Å². The Bertz CT molecular complexity index is 1750. The highest BCUT2D eigenvalue weighted by atomic mass is 35.5. The standard InChI is InChI=1S/C35H36Cl3N3O5S/c1-4-24(2)39-35(43)33(21-25-9-6-5-7-10-25)40(22-30-31(37)11-8-12-32(30)38)34(42)23-41(27-15-13-26(36)14-16-27)47(44,45)29-19-17-28(46-3)18-20-29/h5-20,24,33H,4,21-23H2,1-3H3,(H,39,43). The first kappa shape index (κ1) is 36.1. The lowest BCUT2D eigenvalue weighted by Gasteiger charge is -2.34. The number of methoxy groups -OCH3 is 1. The molecule has 2 amide bonds. The van der Waals surface area contributed by atoms with Crippen LogP contribution in [-0.4, -0.2) is 50.9 Å². The monoisotopic (exact) mass is 715 g/mol. The molecule has 0 heterocycles. The number of benzene rings is 4. The van der Waals surface area contributed by atoms with E-state index < -0.39 is 34.4 Å². The fourth-order valence-corrected chi connectivity index (χ4v) is 6.92. The Morgan fingerprint density at radius 3 is 2.04 bits per heavy atom. The summed E-state index contributed by atoms with van der Waals surface area (Å²) >= 11 is 19.3. The first-order chi connectivity index (χ1) is 22.4. The van der Waals surface area contributed by atoms with Gasteiger partial charge >= 0.3 is 0 Å². The van der Waals surface area contributed by atoms with Gasteiger partial charge in [0.2, 0.25) is 11.8 Å². The summed E-state index contributed by atoms with van der Waals surface area (Å²) in [5.74, 6) is -0.569. The Labute approximate surface area is 291 Å². The molecule has 0 saturated carbocycles. The molecular formula is C35H36Cl3N3O5S. The Hall–Kier alpha value is -3.76. The van der Waals surface area contributed by atoms with Gasteiger partial charge in [-0.25, -0.2) is 8.42 Å². The third kappa shape index (κ3) is 9.20. The molecule has 0 spiro atoms. The molecule has 0 aliphatic rings. The van der Waals surface area contributed by atoms with Crippen LogP contribution in [0.4, 0.5) is 5.69 Å². The minimum atomic E-state index is -4.30. The fourth-order valence-electron chi connectivity index (χ4n) is 4.86. The van der Waals surface area contributed by atoms with Gasteiger partial charge in [-0.15, -0.1) is 0 Å². The molecule has 2 unspecified atom stereocenters. The zero-order chi connectivity index (χ0) is 34.1. The highest BCUT2D eigenvalue weighted by Gasteiger charge is 2.35. The third-order valence-electron chi connectivity index (χ3n) is 7.70. The highest BCUT2D eigenvalue weighted by Crippen LogP contribution is 2.30. The predicted octanol–water partition coefficient (Wildman–Crippen LogP) is 7.41. The topological polar surface area (TPSA) is 96.0 Å². The molecule has 4 aromatic carbocycles. The van der Waals surface area contributed by atoms with Gasteiger partial charge < -0.3 is 15.0 Å². The maximum absolute atomic E-state index is 14.6. The average Bonchev–Trinajstić information content (AvgIpc) is 3.07. The molecule has 0 aliphatic heterocycles. The fraction of sp³-hybridized carbons (Fsp3) is 0.257. The number of nitrogens with zero attached hydrogens (tertiary/aromatic N) is 2. The zero-order valence-electron chi connectivity index (χ0n) is 26.2. The summed E-state index contributed by atoms with van der Waals surface area (Å²) in [6.07, 6.45) is 0.821. The summed E-state index contributed by atoms with van der Waals surface area (Å²) in [6, 6.07) is 25.0. The third-order valence-corrected chi connectivity index (χ3v) is 10.5. The summed E-state index contributed by atoms with van der Waals surface area (Å²) in [6.45, 7) is 3.02. The lowest BCUT2D eigenvalue weighted by Crippen LogP contribution is -2.54. The molecule has 0 aliphatic carbocycles. The van der Waals surface area contributed by atoms with Gasteiger partial charge in [0.25, 0.3) is 10.0 Å². The van der Waals surface area contributed by atoms with E-state index in [4.69, 9.17) is 39.5 Å². The molecule has 2 atom stereocenters. The van der Waals surface area contributed by atoms with E-state index in [1.165, 1.54) is 60.5 Å². The molecule has 8 nitrogen and oxygen atoms in total. The second-order valence-electron chi connectivity index (χ2n) is 10.9. The van der Waals surface area contributed by atoms with Crippen molar-refractivity contribution in [3.8, 4) is 5.75 Å². The zero-order valence-corrected chi connectivity index (χ0v) is 29.3. The Morgan fingerprint density at radius 1 is 0.851 bits per heavy atom. The lowest BCUT2D eigenvalue weighted by atomic mass is 10.0. The summed E-state index contributed by atoms with van der Waals surface area (Å²) in [4.78, 5) is 29.9. The first-order valence-corrected chi connectivity index (χ1v) is 17.5. The number of ether oxygens (including phenoxy) is 1. The number of carbonyl (C=O) groups is 2. The maximum atomic E-state index is 14.6. The average molecular weight is 717 g/mol. The number of sulfonamides is 1. The minimum Gasteiger partial charge on any atom is -0.497 e. The van der Waals surface area contributed by atoms with Crippen LogP contribution in [0.5, 0.6) is 5.75 Å². The number of nitrogens with one attached hydrogen (secondary N) is 1. The Kier molecular flexibility index (Phi) is 12.6. The summed E-state index contributed by atoms with van der Waals surface area (Å²) in [5, 5.41) is 4.00. The van der Waals surface area contributed by atoms with Crippen molar-refractivity contribution in [3.63, 3.8) is 0 Å². The van der Waals surface area contributed by atoms with E-state index in [1.54, 1.807) is 18.2 Å². The molecule has 0 bridgehead atoms. The molecule has 0 aromatic heterocycles. The number of hydrogen-bond donors (Lipinski definition) is 1. The van der Waals surface area contributed by atoms with Crippen molar-refractivity contribution in [2.75, 3.05) is 18.0 Å². The molecule has 12 heteroatoms. The van der Waals surface area contributed by atoms with Gasteiger partial charge in [0, 0.05) is 39.6 Å². The molecule has 0 fully saturated rings. The Morgan fingerprint density at radius 2 is 1.47 bits per heavy atom. The van der Waals surface area contributed by atoms with Crippen molar-refractivity contribution in [1.82, 2.24) is 10.2 Å². The SMILES string of the molecule is CCC(C)NC(=O)C(Cc1ccccc1)N(Cc1c(Cl)cccc1Cl)C(=O)CN(c1ccc(Cl)cc1)S(=O)(=O)c1ccc(OC)cc1. The molecule has 0 saturated heterocycles. The number of amides is 2. The van der Waals surface area contributed by atoms with Gasteiger partial charge in [-0.3, -0.25) is 13.9 Å². The number of anilines is 1. The second-order valence-corrected chi connectivity index (χ2v) is 14.0. The van der Waals surface area contributed by atoms with Crippen LogP contribution in [0, 0.1) is 0 Å². The summed E-state index contributed by atoms with van der Waals surface area (Å²) in [5.41, 5.74) is 1.44. The van der Waals surface area contributed by atoms with Crippen molar-refractivity contribution in [2.24, 2.45) is 0 Å². The molecular weight excluding hydrogens is 681 g/mol.